The number of para-hydroxylation sites is 1. The predicted molar refractivity (Wildman–Crippen MR) is 116 cm³/mol. The van der Waals surface area contributed by atoms with Crippen molar-refractivity contribution < 1.29 is 14.3 Å². The van der Waals surface area contributed by atoms with Gasteiger partial charge in [0.15, 0.2) is 11.5 Å². The smallest absolute Gasteiger partial charge is 0.231 e. The fourth-order valence-electron chi connectivity index (χ4n) is 3.86. The Balaban J connectivity index is 1.30. The van der Waals surface area contributed by atoms with Crippen molar-refractivity contribution in [2.75, 3.05) is 6.79 Å². The van der Waals surface area contributed by atoms with E-state index in [-0.39, 0.29) is 12.7 Å². The number of rotatable bonds is 6. The molecule has 0 radical (unpaired) electrons. The van der Waals surface area contributed by atoms with Crippen molar-refractivity contribution in [1.29, 1.82) is 0 Å². The molecule has 0 spiro atoms. The van der Waals surface area contributed by atoms with Crippen LogP contribution in [-0.4, -0.2) is 17.3 Å². The van der Waals surface area contributed by atoms with Crippen molar-refractivity contribution in [3.05, 3.63) is 95.7 Å². The summed E-state index contributed by atoms with van der Waals surface area (Å²) in [5.41, 5.74) is 4.39. The molecule has 0 atom stereocenters. The lowest BCUT2D eigenvalue weighted by Crippen LogP contribution is -2.24. The third-order valence-electron chi connectivity index (χ3n) is 5.34. The van der Waals surface area contributed by atoms with E-state index in [1.165, 1.54) is 5.56 Å². The number of amides is 1. The van der Waals surface area contributed by atoms with Gasteiger partial charge in [-0.05, 0) is 34.9 Å². The molecule has 1 amide bonds. The van der Waals surface area contributed by atoms with Crippen molar-refractivity contribution in [3.63, 3.8) is 0 Å². The molecule has 2 heterocycles. The summed E-state index contributed by atoms with van der Waals surface area (Å²) in [4.78, 5) is 12.7. The van der Waals surface area contributed by atoms with E-state index in [0.717, 1.165) is 40.1 Å². The van der Waals surface area contributed by atoms with Crippen molar-refractivity contribution in [1.82, 2.24) is 9.88 Å². The van der Waals surface area contributed by atoms with E-state index in [9.17, 15) is 4.79 Å². The molecule has 1 aliphatic rings. The second kappa shape index (κ2) is 7.95. The normalized spacial score (nSPS) is 12.3. The van der Waals surface area contributed by atoms with Gasteiger partial charge in [-0.3, -0.25) is 4.79 Å². The minimum atomic E-state index is -0.00437. The minimum Gasteiger partial charge on any atom is -0.454 e. The van der Waals surface area contributed by atoms with Gasteiger partial charge in [0.05, 0.1) is 6.42 Å². The van der Waals surface area contributed by atoms with E-state index < -0.39 is 0 Å². The quantitative estimate of drug-likeness (QED) is 0.528. The van der Waals surface area contributed by atoms with Gasteiger partial charge < -0.3 is 19.4 Å². The molecule has 0 unspecified atom stereocenters. The van der Waals surface area contributed by atoms with E-state index in [2.05, 4.69) is 40.3 Å². The summed E-state index contributed by atoms with van der Waals surface area (Å²) < 4.78 is 12.9. The molecule has 5 nitrogen and oxygen atoms in total. The summed E-state index contributed by atoms with van der Waals surface area (Å²) in [5.74, 6) is 1.47. The van der Waals surface area contributed by atoms with Crippen LogP contribution in [0.25, 0.3) is 10.9 Å². The minimum absolute atomic E-state index is 0.00437. The lowest BCUT2D eigenvalue weighted by atomic mass is 10.1. The molecule has 1 aromatic heterocycles. The van der Waals surface area contributed by atoms with E-state index in [1.54, 1.807) is 0 Å². The first kappa shape index (κ1) is 18.3. The van der Waals surface area contributed by atoms with Gasteiger partial charge in [-0.2, -0.15) is 0 Å². The first-order valence-electron chi connectivity index (χ1n) is 10.0. The maximum absolute atomic E-state index is 12.7. The van der Waals surface area contributed by atoms with Gasteiger partial charge in [-0.1, -0.05) is 54.6 Å². The number of ether oxygens (including phenoxy) is 2. The van der Waals surface area contributed by atoms with Crippen molar-refractivity contribution in [2.24, 2.45) is 0 Å². The molecule has 0 saturated heterocycles. The fourth-order valence-corrected chi connectivity index (χ4v) is 3.86. The zero-order valence-corrected chi connectivity index (χ0v) is 16.5. The number of carbonyl (C=O) groups is 1. The Bertz CT molecular complexity index is 1200. The number of carbonyl (C=O) groups excluding carboxylic acids is 1. The Morgan fingerprint density at radius 1 is 0.900 bits per heavy atom. The zero-order chi connectivity index (χ0) is 20.3. The van der Waals surface area contributed by atoms with Gasteiger partial charge in [-0.25, -0.2) is 0 Å². The van der Waals surface area contributed by atoms with Crippen molar-refractivity contribution in [2.45, 2.75) is 19.5 Å². The van der Waals surface area contributed by atoms with Crippen LogP contribution in [-0.2, 0) is 24.3 Å². The highest BCUT2D eigenvalue weighted by Crippen LogP contribution is 2.32. The Morgan fingerprint density at radius 2 is 1.70 bits per heavy atom. The number of hydrogen-bond acceptors (Lipinski definition) is 3. The Hall–Kier alpha value is -3.73. The molecule has 150 valence electrons. The van der Waals surface area contributed by atoms with Gasteiger partial charge in [-0.15, -0.1) is 0 Å². The molecule has 30 heavy (non-hydrogen) atoms. The summed E-state index contributed by atoms with van der Waals surface area (Å²) in [6.45, 7) is 1.48. The van der Waals surface area contributed by atoms with Crippen LogP contribution in [0.2, 0.25) is 0 Å². The Labute approximate surface area is 174 Å². The van der Waals surface area contributed by atoms with Gasteiger partial charge in [0.2, 0.25) is 12.7 Å². The van der Waals surface area contributed by atoms with Gasteiger partial charge >= 0.3 is 0 Å². The van der Waals surface area contributed by atoms with Gasteiger partial charge in [0.25, 0.3) is 0 Å². The van der Waals surface area contributed by atoms with Crippen LogP contribution in [0.15, 0.2) is 79.0 Å². The molecule has 0 bridgehead atoms. The number of nitrogens with one attached hydrogen (secondary N) is 1. The SMILES string of the molecule is O=C(Cc1cn(Cc2ccccc2)c2ccccc12)NCc1ccc2c(c1)OCO2. The molecule has 0 fully saturated rings. The molecule has 0 saturated carbocycles. The number of nitrogens with zero attached hydrogens (tertiary/aromatic N) is 1. The number of benzene rings is 3. The van der Waals surface area contributed by atoms with E-state index >= 15 is 0 Å². The lowest BCUT2D eigenvalue weighted by Gasteiger charge is -2.06. The maximum Gasteiger partial charge on any atom is 0.231 e. The standard InChI is InChI=1S/C25H22N2O3/c28-25(26-14-19-10-11-23-24(12-19)30-17-29-23)13-20-16-27(15-18-6-2-1-3-7-18)22-9-5-4-8-21(20)22/h1-12,16H,13-15,17H2,(H,26,28). The summed E-state index contributed by atoms with van der Waals surface area (Å²) in [6.07, 6.45) is 2.44. The average molecular weight is 398 g/mol. The highest BCUT2D eigenvalue weighted by atomic mass is 16.7. The zero-order valence-electron chi connectivity index (χ0n) is 16.5. The molecular weight excluding hydrogens is 376 g/mol. The van der Waals surface area contributed by atoms with Crippen LogP contribution in [0.5, 0.6) is 11.5 Å². The largest absolute Gasteiger partial charge is 0.454 e. The third kappa shape index (κ3) is 3.74. The summed E-state index contributed by atoms with van der Waals surface area (Å²) >= 11 is 0. The molecule has 4 aromatic rings. The molecule has 5 rings (SSSR count). The lowest BCUT2D eigenvalue weighted by molar-refractivity contribution is -0.120. The van der Waals surface area contributed by atoms with Gasteiger partial charge in [0, 0.05) is 30.2 Å². The van der Waals surface area contributed by atoms with Crippen LogP contribution >= 0.6 is 0 Å². The third-order valence-corrected chi connectivity index (χ3v) is 5.34. The Kier molecular flexibility index (Phi) is 4.85. The fraction of sp³-hybridized carbons (Fsp3) is 0.160. The first-order chi connectivity index (χ1) is 14.8. The van der Waals surface area contributed by atoms with Crippen LogP contribution < -0.4 is 14.8 Å². The van der Waals surface area contributed by atoms with Gasteiger partial charge in [0.1, 0.15) is 0 Å². The number of fused-ring (bicyclic) bond motifs is 2. The highest BCUT2D eigenvalue weighted by molar-refractivity contribution is 5.89. The predicted octanol–water partition coefficient (Wildman–Crippen LogP) is 4.28. The maximum atomic E-state index is 12.7. The van der Waals surface area contributed by atoms with Crippen molar-refractivity contribution >= 4 is 16.8 Å². The van der Waals surface area contributed by atoms with Crippen LogP contribution in [0.3, 0.4) is 0 Å². The summed E-state index contributed by atoms with van der Waals surface area (Å²) in [7, 11) is 0. The second-order valence-electron chi connectivity index (χ2n) is 7.43. The highest BCUT2D eigenvalue weighted by Gasteiger charge is 2.15. The topological polar surface area (TPSA) is 52.5 Å². The Morgan fingerprint density at radius 3 is 2.60 bits per heavy atom. The number of aromatic nitrogens is 1. The molecule has 0 aliphatic carbocycles. The molecule has 3 aromatic carbocycles. The molecule has 5 heteroatoms. The number of hydrogen-bond donors (Lipinski definition) is 1. The average Bonchev–Trinajstić information content (AvgIpc) is 3.38. The van der Waals surface area contributed by atoms with E-state index in [0.29, 0.717) is 13.0 Å². The molecule has 1 N–H and O–H groups in total. The summed E-state index contributed by atoms with van der Waals surface area (Å²) in [5, 5.41) is 4.13. The van der Waals surface area contributed by atoms with Crippen LogP contribution in [0.1, 0.15) is 16.7 Å². The monoisotopic (exact) mass is 398 g/mol. The summed E-state index contributed by atoms with van der Waals surface area (Å²) in [6, 6.07) is 24.3. The van der Waals surface area contributed by atoms with Crippen LogP contribution in [0, 0.1) is 0 Å². The molecular formula is C25H22N2O3. The van der Waals surface area contributed by atoms with E-state index in [4.69, 9.17) is 9.47 Å². The van der Waals surface area contributed by atoms with Crippen LogP contribution in [0.4, 0.5) is 0 Å². The van der Waals surface area contributed by atoms with Crippen molar-refractivity contribution in [3.8, 4) is 11.5 Å². The second-order valence-corrected chi connectivity index (χ2v) is 7.43. The molecule has 1 aliphatic heterocycles. The first-order valence-corrected chi connectivity index (χ1v) is 10.0. The van der Waals surface area contributed by atoms with E-state index in [1.807, 2.05) is 48.5 Å².